The minimum Gasteiger partial charge on any atom is -0.496 e. The fraction of sp³-hybridized carbons (Fsp3) is 0.294. The number of hydrogen-bond acceptors (Lipinski definition) is 4. The number of nitrogens with one attached hydrogen (secondary N) is 1. The van der Waals surface area contributed by atoms with Crippen LogP contribution in [0.3, 0.4) is 0 Å². The highest BCUT2D eigenvalue weighted by Gasteiger charge is 2.27. The molecule has 0 bridgehead atoms. The van der Waals surface area contributed by atoms with Gasteiger partial charge in [-0.2, -0.15) is 0 Å². The molecule has 2 aromatic carbocycles. The van der Waals surface area contributed by atoms with Crippen molar-refractivity contribution in [1.82, 2.24) is 0 Å². The van der Waals surface area contributed by atoms with Gasteiger partial charge < -0.3 is 10.5 Å². The molecule has 0 heterocycles. The third-order valence-electron chi connectivity index (χ3n) is 4.26. The summed E-state index contributed by atoms with van der Waals surface area (Å²) >= 11 is 5.72. The van der Waals surface area contributed by atoms with E-state index in [4.69, 9.17) is 22.1 Å². The van der Waals surface area contributed by atoms with E-state index in [9.17, 15) is 12.8 Å². The van der Waals surface area contributed by atoms with E-state index < -0.39 is 15.8 Å². The van der Waals surface area contributed by atoms with E-state index >= 15 is 0 Å². The summed E-state index contributed by atoms with van der Waals surface area (Å²) in [5.41, 5.74) is 7.74. The molecule has 1 aliphatic rings. The molecule has 0 radical (unpaired) electrons. The molecule has 0 amide bonds. The van der Waals surface area contributed by atoms with Crippen LogP contribution in [0.4, 0.5) is 10.1 Å². The molecule has 0 spiro atoms. The summed E-state index contributed by atoms with van der Waals surface area (Å²) in [6.45, 7) is 0. The van der Waals surface area contributed by atoms with Crippen LogP contribution in [-0.4, -0.2) is 21.6 Å². The summed E-state index contributed by atoms with van der Waals surface area (Å²) in [5, 5.41) is -0.150. The van der Waals surface area contributed by atoms with Gasteiger partial charge in [-0.3, -0.25) is 4.72 Å². The molecule has 1 aliphatic carbocycles. The van der Waals surface area contributed by atoms with Gasteiger partial charge in [0.2, 0.25) is 0 Å². The number of rotatable bonds is 4. The van der Waals surface area contributed by atoms with Crippen LogP contribution in [0.25, 0.3) is 0 Å². The van der Waals surface area contributed by atoms with Crippen molar-refractivity contribution in [1.29, 1.82) is 0 Å². The second-order valence-electron chi connectivity index (χ2n) is 5.96. The number of fused-ring (bicyclic) bond motifs is 1. The quantitative estimate of drug-likeness (QED) is 0.848. The van der Waals surface area contributed by atoms with Crippen molar-refractivity contribution in [3.8, 4) is 5.75 Å². The van der Waals surface area contributed by atoms with Crippen molar-refractivity contribution in [2.24, 2.45) is 5.73 Å². The van der Waals surface area contributed by atoms with E-state index in [0.717, 1.165) is 11.6 Å². The van der Waals surface area contributed by atoms with Gasteiger partial charge >= 0.3 is 0 Å². The van der Waals surface area contributed by atoms with Crippen molar-refractivity contribution < 1.29 is 17.5 Å². The summed E-state index contributed by atoms with van der Waals surface area (Å²) in [6, 6.07) is 6.79. The minimum atomic E-state index is -3.85. The van der Waals surface area contributed by atoms with Crippen LogP contribution in [0.15, 0.2) is 35.2 Å². The maximum absolute atomic E-state index is 13.3. The van der Waals surface area contributed by atoms with Crippen molar-refractivity contribution in [2.45, 2.75) is 30.2 Å². The van der Waals surface area contributed by atoms with Crippen LogP contribution in [0, 0.1) is 5.82 Å². The van der Waals surface area contributed by atoms with Gasteiger partial charge in [-0.1, -0.05) is 11.6 Å². The van der Waals surface area contributed by atoms with Gasteiger partial charge in [-0.25, -0.2) is 12.8 Å². The molecule has 0 aromatic heterocycles. The lowest BCUT2D eigenvalue weighted by Crippen LogP contribution is -2.29. The zero-order chi connectivity index (χ0) is 18.2. The number of halogens is 2. The summed E-state index contributed by atoms with van der Waals surface area (Å²) in [7, 11) is -2.31. The number of methoxy groups -OCH3 is 1. The van der Waals surface area contributed by atoms with Crippen molar-refractivity contribution in [3.05, 3.63) is 52.3 Å². The average molecular weight is 385 g/mol. The van der Waals surface area contributed by atoms with E-state index in [1.807, 2.05) is 0 Å². The van der Waals surface area contributed by atoms with E-state index in [1.165, 1.54) is 18.2 Å². The molecule has 1 unspecified atom stereocenters. The number of anilines is 1. The van der Waals surface area contributed by atoms with E-state index in [-0.39, 0.29) is 21.6 Å². The summed E-state index contributed by atoms with van der Waals surface area (Å²) < 4.78 is 46.7. The Morgan fingerprint density at radius 2 is 2.04 bits per heavy atom. The fourth-order valence-electron chi connectivity index (χ4n) is 3.05. The maximum Gasteiger partial charge on any atom is 0.262 e. The van der Waals surface area contributed by atoms with Crippen molar-refractivity contribution in [2.75, 3.05) is 11.8 Å². The van der Waals surface area contributed by atoms with Crippen LogP contribution in [-0.2, 0) is 22.9 Å². The number of hydrogen-bond donors (Lipinski definition) is 2. The van der Waals surface area contributed by atoms with Gasteiger partial charge in [0.1, 0.15) is 11.6 Å². The number of sulfonamides is 1. The number of ether oxygens (including phenoxy) is 1. The first kappa shape index (κ1) is 18.0. The van der Waals surface area contributed by atoms with Crippen LogP contribution in [0.1, 0.15) is 17.5 Å². The summed E-state index contributed by atoms with van der Waals surface area (Å²) in [5.74, 6) is 0.0226. The molecule has 3 N–H and O–H groups in total. The predicted molar refractivity (Wildman–Crippen MR) is 95.2 cm³/mol. The molecule has 25 heavy (non-hydrogen) atoms. The molecule has 134 valence electrons. The number of nitrogens with two attached hydrogens (primary N) is 1. The topological polar surface area (TPSA) is 81.4 Å². The molecule has 0 saturated carbocycles. The Kier molecular flexibility index (Phi) is 4.90. The van der Waals surface area contributed by atoms with E-state index in [2.05, 4.69) is 4.72 Å². The lowest BCUT2D eigenvalue weighted by Gasteiger charge is -2.25. The highest BCUT2D eigenvalue weighted by atomic mass is 35.5. The third kappa shape index (κ3) is 3.58. The molecule has 3 rings (SSSR count). The Morgan fingerprint density at radius 1 is 1.28 bits per heavy atom. The second-order valence-corrected chi connectivity index (χ2v) is 8.02. The predicted octanol–water partition coefficient (Wildman–Crippen LogP) is 3.10. The monoisotopic (exact) mass is 384 g/mol. The summed E-state index contributed by atoms with van der Waals surface area (Å²) in [6.07, 6.45) is 1.81. The Hall–Kier alpha value is -1.83. The lowest BCUT2D eigenvalue weighted by atomic mass is 9.88. The highest BCUT2D eigenvalue weighted by molar-refractivity contribution is 7.92. The van der Waals surface area contributed by atoms with Gasteiger partial charge in [-0.05, 0) is 55.2 Å². The number of benzene rings is 2. The Morgan fingerprint density at radius 3 is 2.72 bits per heavy atom. The van der Waals surface area contributed by atoms with Crippen molar-refractivity contribution in [3.63, 3.8) is 0 Å². The van der Waals surface area contributed by atoms with Gasteiger partial charge in [0.15, 0.2) is 0 Å². The maximum atomic E-state index is 13.3. The third-order valence-corrected chi connectivity index (χ3v) is 6.01. The highest BCUT2D eigenvalue weighted by Crippen LogP contribution is 2.34. The first-order valence-electron chi connectivity index (χ1n) is 7.74. The van der Waals surface area contributed by atoms with Crippen LogP contribution in [0.5, 0.6) is 5.75 Å². The Balaban J connectivity index is 2.02. The molecular formula is C17H18ClFN2O3S. The van der Waals surface area contributed by atoms with E-state index in [1.54, 1.807) is 13.2 Å². The normalized spacial score (nSPS) is 17.0. The SMILES string of the molecule is COc1ccc(S(=O)(=O)Nc2ccc(F)c(Cl)c2)c2c1CC(N)CC2. The largest absolute Gasteiger partial charge is 0.496 e. The summed E-state index contributed by atoms with van der Waals surface area (Å²) in [4.78, 5) is 0.177. The molecule has 0 fully saturated rings. The lowest BCUT2D eigenvalue weighted by molar-refractivity contribution is 0.402. The van der Waals surface area contributed by atoms with Gasteiger partial charge in [-0.15, -0.1) is 0 Å². The first-order chi connectivity index (χ1) is 11.8. The molecule has 0 aliphatic heterocycles. The average Bonchev–Trinajstić information content (AvgIpc) is 2.56. The van der Waals surface area contributed by atoms with Crippen LogP contribution < -0.4 is 15.2 Å². The molecule has 8 heteroatoms. The second kappa shape index (κ2) is 6.82. The van der Waals surface area contributed by atoms with Gasteiger partial charge in [0.25, 0.3) is 10.0 Å². The Labute approximate surface area is 151 Å². The van der Waals surface area contributed by atoms with Crippen molar-refractivity contribution >= 4 is 27.3 Å². The first-order valence-corrected chi connectivity index (χ1v) is 9.60. The smallest absolute Gasteiger partial charge is 0.262 e. The molecule has 2 aromatic rings. The van der Waals surface area contributed by atoms with Gasteiger partial charge in [0, 0.05) is 11.6 Å². The zero-order valence-corrected chi connectivity index (χ0v) is 15.1. The zero-order valence-electron chi connectivity index (χ0n) is 13.6. The molecule has 5 nitrogen and oxygen atoms in total. The fourth-order valence-corrected chi connectivity index (χ4v) is 4.58. The van der Waals surface area contributed by atoms with E-state index in [0.29, 0.717) is 30.6 Å². The standard InChI is InChI=1S/C17H18ClFN2O3S/c1-24-16-6-7-17(12-4-2-10(20)8-13(12)16)25(22,23)21-11-3-5-15(19)14(18)9-11/h3,5-7,9-10,21H,2,4,8,20H2,1H3. The molecule has 0 saturated heterocycles. The van der Waals surface area contributed by atoms with Gasteiger partial charge in [0.05, 0.1) is 22.7 Å². The molecule has 1 atom stereocenters. The van der Waals surface area contributed by atoms with Crippen LogP contribution in [0.2, 0.25) is 5.02 Å². The van der Waals surface area contributed by atoms with Crippen LogP contribution >= 0.6 is 11.6 Å². The Bertz CT molecular complexity index is 918. The minimum absolute atomic E-state index is 0.0248. The molecular weight excluding hydrogens is 367 g/mol.